The van der Waals surface area contributed by atoms with E-state index in [0.29, 0.717) is 6.04 Å². The van der Waals surface area contributed by atoms with Crippen LogP contribution in [0.3, 0.4) is 0 Å². The largest absolute Gasteiger partial charge is 0.497 e. The van der Waals surface area contributed by atoms with Crippen LogP contribution in [-0.2, 0) is 0 Å². The zero-order valence-corrected chi connectivity index (χ0v) is 14.2. The number of anilines is 1. The minimum Gasteiger partial charge on any atom is -0.497 e. The summed E-state index contributed by atoms with van der Waals surface area (Å²) in [5, 5.41) is 3.63. The van der Waals surface area contributed by atoms with Gasteiger partial charge in [-0.05, 0) is 57.5 Å². The molecule has 112 valence electrons. The molecule has 3 nitrogen and oxygen atoms in total. The van der Waals surface area contributed by atoms with Gasteiger partial charge in [-0.1, -0.05) is 22.9 Å². The summed E-state index contributed by atoms with van der Waals surface area (Å²) < 4.78 is 6.36. The summed E-state index contributed by atoms with van der Waals surface area (Å²) in [6.07, 6.45) is 2.57. The third-order valence-corrected chi connectivity index (χ3v) is 4.75. The summed E-state index contributed by atoms with van der Waals surface area (Å²) in [7, 11) is 1.70. The second-order valence-electron chi connectivity index (χ2n) is 5.58. The summed E-state index contributed by atoms with van der Waals surface area (Å²) in [5.74, 6) is 1.64. The highest BCUT2D eigenvalue weighted by atomic mass is 79.9. The maximum atomic E-state index is 5.31. The molecule has 20 heavy (non-hydrogen) atoms. The van der Waals surface area contributed by atoms with E-state index in [4.69, 9.17) is 4.74 Å². The molecule has 1 fully saturated rings. The van der Waals surface area contributed by atoms with Crippen molar-refractivity contribution in [3.05, 3.63) is 22.7 Å². The Bertz CT molecular complexity index is 430. The molecule has 2 rings (SSSR count). The molecule has 0 saturated carbocycles. The van der Waals surface area contributed by atoms with Crippen molar-refractivity contribution in [3.63, 3.8) is 0 Å². The normalized spacial score (nSPS) is 18.8. The van der Waals surface area contributed by atoms with Crippen LogP contribution in [0, 0.1) is 5.92 Å². The van der Waals surface area contributed by atoms with Crippen molar-refractivity contribution in [2.45, 2.75) is 32.7 Å². The average molecular weight is 341 g/mol. The topological polar surface area (TPSA) is 24.5 Å². The Hall–Kier alpha value is -0.740. The van der Waals surface area contributed by atoms with E-state index in [1.165, 1.54) is 32.5 Å². The van der Waals surface area contributed by atoms with Crippen LogP contribution in [0.1, 0.15) is 26.7 Å². The zero-order valence-electron chi connectivity index (χ0n) is 12.7. The number of nitrogens with zero attached hydrogens (tertiary/aromatic N) is 1. The summed E-state index contributed by atoms with van der Waals surface area (Å²) in [6, 6.07) is 6.64. The molecule has 1 atom stereocenters. The molecule has 0 amide bonds. The van der Waals surface area contributed by atoms with Crippen molar-refractivity contribution < 1.29 is 4.74 Å². The molecule has 0 bridgehead atoms. The maximum Gasteiger partial charge on any atom is 0.122 e. The summed E-state index contributed by atoms with van der Waals surface area (Å²) in [6.45, 7) is 8.18. The van der Waals surface area contributed by atoms with Crippen LogP contribution in [0.5, 0.6) is 5.75 Å². The van der Waals surface area contributed by atoms with Gasteiger partial charge in [-0.25, -0.2) is 0 Å². The van der Waals surface area contributed by atoms with Gasteiger partial charge in [-0.15, -0.1) is 0 Å². The Labute approximate surface area is 130 Å². The molecule has 1 saturated heterocycles. The molecule has 1 aliphatic rings. The predicted molar refractivity (Wildman–Crippen MR) is 88.6 cm³/mol. The highest BCUT2D eigenvalue weighted by Crippen LogP contribution is 2.27. The molecule has 1 unspecified atom stereocenters. The lowest BCUT2D eigenvalue weighted by atomic mass is 9.90. The second-order valence-corrected chi connectivity index (χ2v) is 6.50. The van der Waals surface area contributed by atoms with Gasteiger partial charge in [0.15, 0.2) is 0 Å². The molecule has 0 spiro atoms. The molecule has 1 aliphatic heterocycles. The molecule has 4 heteroatoms. The first kappa shape index (κ1) is 15.6. The fourth-order valence-corrected chi connectivity index (χ4v) is 3.39. The quantitative estimate of drug-likeness (QED) is 0.876. The number of ether oxygens (including phenoxy) is 1. The van der Waals surface area contributed by atoms with Gasteiger partial charge >= 0.3 is 0 Å². The summed E-state index contributed by atoms with van der Waals surface area (Å²) in [5.41, 5.74) is 1.13. The van der Waals surface area contributed by atoms with Gasteiger partial charge in [-0.2, -0.15) is 0 Å². The van der Waals surface area contributed by atoms with Crippen molar-refractivity contribution in [1.29, 1.82) is 0 Å². The molecule has 0 aromatic heterocycles. The fraction of sp³-hybridized carbons (Fsp3) is 0.625. The van der Waals surface area contributed by atoms with E-state index < -0.39 is 0 Å². The highest BCUT2D eigenvalue weighted by Gasteiger charge is 2.23. The van der Waals surface area contributed by atoms with Crippen LogP contribution in [-0.4, -0.2) is 37.7 Å². The number of piperidine rings is 1. The molecule has 1 aromatic rings. The zero-order chi connectivity index (χ0) is 14.5. The Morgan fingerprint density at radius 2 is 2.05 bits per heavy atom. The third kappa shape index (κ3) is 4.13. The summed E-state index contributed by atoms with van der Waals surface area (Å²) >= 11 is 3.53. The van der Waals surface area contributed by atoms with Crippen LogP contribution in [0.25, 0.3) is 0 Å². The Balaban J connectivity index is 1.94. The van der Waals surface area contributed by atoms with Crippen molar-refractivity contribution in [3.8, 4) is 5.75 Å². The number of hydrogen-bond acceptors (Lipinski definition) is 3. The first-order valence-corrected chi connectivity index (χ1v) is 8.25. The molecule has 1 N–H and O–H groups in total. The van der Waals surface area contributed by atoms with Gasteiger partial charge in [-0.3, -0.25) is 0 Å². The van der Waals surface area contributed by atoms with Gasteiger partial charge in [0.2, 0.25) is 0 Å². The first-order valence-electron chi connectivity index (χ1n) is 7.46. The minimum atomic E-state index is 0.494. The molecular formula is C16H25BrN2O. The standard InChI is InChI=1S/C16H25BrN2O/c1-4-19-7-5-13(6-8-19)12(2)18-15-9-14(17)10-16(11-15)20-3/h9-13,18H,4-8H2,1-3H3. The van der Waals surface area contributed by atoms with Crippen LogP contribution >= 0.6 is 15.9 Å². The summed E-state index contributed by atoms with van der Waals surface area (Å²) in [4.78, 5) is 2.53. The lowest BCUT2D eigenvalue weighted by molar-refractivity contribution is 0.183. The van der Waals surface area contributed by atoms with Crippen LogP contribution < -0.4 is 10.1 Å². The van der Waals surface area contributed by atoms with Gasteiger partial charge in [0.1, 0.15) is 5.75 Å². The van der Waals surface area contributed by atoms with Crippen molar-refractivity contribution >= 4 is 21.6 Å². The van der Waals surface area contributed by atoms with Crippen LogP contribution in [0.15, 0.2) is 22.7 Å². The molecule has 0 radical (unpaired) electrons. The van der Waals surface area contributed by atoms with Gasteiger partial charge < -0.3 is 15.0 Å². The van der Waals surface area contributed by atoms with E-state index in [2.05, 4.69) is 52.1 Å². The number of likely N-dealkylation sites (tertiary alicyclic amines) is 1. The van der Waals surface area contributed by atoms with Crippen molar-refractivity contribution in [2.24, 2.45) is 5.92 Å². The van der Waals surface area contributed by atoms with E-state index in [1.54, 1.807) is 7.11 Å². The van der Waals surface area contributed by atoms with Gasteiger partial charge in [0.25, 0.3) is 0 Å². The third-order valence-electron chi connectivity index (χ3n) is 4.29. The van der Waals surface area contributed by atoms with E-state index in [1.807, 2.05) is 6.07 Å². The van der Waals surface area contributed by atoms with E-state index in [-0.39, 0.29) is 0 Å². The number of rotatable bonds is 5. The van der Waals surface area contributed by atoms with Crippen LogP contribution in [0.4, 0.5) is 5.69 Å². The Morgan fingerprint density at radius 1 is 1.35 bits per heavy atom. The smallest absolute Gasteiger partial charge is 0.122 e. The molecular weight excluding hydrogens is 316 g/mol. The Kier molecular flexibility index (Phi) is 5.73. The first-order chi connectivity index (χ1) is 9.62. The highest BCUT2D eigenvalue weighted by molar-refractivity contribution is 9.10. The van der Waals surface area contributed by atoms with E-state index in [0.717, 1.165) is 21.8 Å². The lowest BCUT2D eigenvalue weighted by Gasteiger charge is -2.35. The lowest BCUT2D eigenvalue weighted by Crippen LogP contribution is -2.39. The monoisotopic (exact) mass is 340 g/mol. The molecule has 1 heterocycles. The maximum absolute atomic E-state index is 5.31. The Morgan fingerprint density at radius 3 is 2.65 bits per heavy atom. The van der Waals surface area contributed by atoms with Crippen LogP contribution in [0.2, 0.25) is 0 Å². The average Bonchev–Trinajstić information content (AvgIpc) is 2.46. The fourth-order valence-electron chi connectivity index (χ4n) is 2.91. The second kappa shape index (κ2) is 7.32. The van der Waals surface area contributed by atoms with E-state index >= 15 is 0 Å². The van der Waals surface area contributed by atoms with Gasteiger partial charge in [0.05, 0.1) is 7.11 Å². The number of halogens is 1. The SMILES string of the molecule is CCN1CCC(C(C)Nc2cc(Br)cc(OC)c2)CC1. The number of hydrogen-bond donors (Lipinski definition) is 1. The molecule has 1 aromatic carbocycles. The van der Waals surface area contributed by atoms with E-state index in [9.17, 15) is 0 Å². The minimum absolute atomic E-state index is 0.494. The predicted octanol–water partition coefficient (Wildman–Crippen LogP) is 3.99. The number of nitrogens with one attached hydrogen (secondary N) is 1. The van der Waals surface area contributed by atoms with Crippen molar-refractivity contribution in [2.75, 3.05) is 32.1 Å². The van der Waals surface area contributed by atoms with Gasteiger partial charge in [0, 0.05) is 22.3 Å². The molecule has 0 aliphatic carbocycles. The number of benzene rings is 1. The number of methoxy groups -OCH3 is 1. The van der Waals surface area contributed by atoms with Crippen molar-refractivity contribution in [1.82, 2.24) is 4.90 Å².